The van der Waals surface area contributed by atoms with Gasteiger partial charge in [0.1, 0.15) is 5.71 Å². The number of rotatable bonds is 2. The van der Waals surface area contributed by atoms with Crippen LogP contribution in [-0.2, 0) is 14.8 Å². The molecule has 1 rings (SSSR count). The zero-order chi connectivity index (χ0) is 10.1. The Hall–Kier alpha value is -1.37. The molecule has 1 aliphatic rings. The molecule has 0 radical (unpaired) electrons. The van der Waals surface area contributed by atoms with Crippen LogP contribution in [0.3, 0.4) is 0 Å². The van der Waals surface area contributed by atoms with Gasteiger partial charge in [0, 0.05) is 12.6 Å². The number of nitrogens with two attached hydrogens (primary N) is 1. The predicted molar refractivity (Wildman–Crippen MR) is 47.3 cm³/mol. The summed E-state index contributed by atoms with van der Waals surface area (Å²) >= 11 is 0. The van der Waals surface area contributed by atoms with E-state index in [1.165, 1.54) is 0 Å². The summed E-state index contributed by atoms with van der Waals surface area (Å²) in [6.07, 6.45) is 1.04. The quantitative estimate of drug-likeness (QED) is 0.582. The summed E-state index contributed by atoms with van der Waals surface area (Å²) < 4.78 is 25.0. The number of carbonyl (C=O) groups is 1. The molecule has 0 fully saturated rings. The zero-order valence-electron chi connectivity index (χ0n) is 6.94. The molecule has 1 aliphatic heterocycles. The van der Waals surface area contributed by atoms with Gasteiger partial charge in [-0.1, -0.05) is 0 Å². The monoisotopic (exact) mass is 203 g/mol. The van der Waals surface area contributed by atoms with Crippen LogP contribution in [0.15, 0.2) is 15.5 Å². The van der Waals surface area contributed by atoms with Crippen LogP contribution >= 0.6 is 0 Å². The molecule has 72 valence electrons. The van der Waals surface area contributed by atoms with Crippen molar-refractivity contribution in [3.63, 3.8) is 0 Å². The van der Waals surface area contributed by atoms with Gasteiger partial charge >= 0.3 is 0 Å². The third kappa shape index (κ3) is 1.86. The lowest BCUT2D eigenvalue weighted by Crippen LogP contribution is -2.29. The van der Waals surface area contributed by atoms with Crippen molar-refractivity contribution in [3.05, 3.63) is 11.1 Å². The minimum absolute atomic E-state index is 0.167. The van der Waals surface area contributed by atoms with Crippen LogP contribution < -0.4 is 11.1 Å². The van der Waals surface area contributed by atoms with E-state index in [0.29, 0.717) is 6.54 Å². The Balaban J connectivity index is 2.95. The molecule has 0 spiro atoms. The average Bonchev–Trinajstić information content (AvgIpc) is 2.27. The highest BCUT2D eigenvalue weighted by Crippen LogP contribution is 2.11. The van der Waals surface area contributed by atoms with Crippen molar-refractivity contribution in [3.8, 4) is 0 Å². The van der Waals surface area contributed by atoms with Gasteiger partial charge in [0.2, 0.25) is 0 Å². The van der Waals surface area contributed by atoms with Crippen molar-refractivity contribution < 1.29 is 13.2 Å². The maximum Gasteiger partial charge on any atom is 0.298 e. The van der Waals surface area contributed by atoms with E-state index in [1.54, 1.807) is 6.92 Å². The molecule has 0 aromatic carbocycles. The number of carbonyl (C=O) groups excluding carboxylic acids is 1. The second-order valence-electron chi connectivity index (χ2n) is 2.36. The molecule has 0 saturated heterocycles. The fraction of sp³-hybridized carbons (Fsp3) is 0.333. The highest BCUT2D eigenvalue weighted by Gasteiger charge is 2.25. The number of sulfonamides is 1. The van der Waals surface area contributed by atoms with E-state index in [0.717, 1.165) is 6.08 Å². The van der Waals surface area contributed by atoms with E-state index in [2.05, 4.69) is 9.71 Å². The Morgan fingerprint density at radius 2 is 2.31 bits per heavy atom. The fourth-order valence-electron chi connectivity index (χ4n) is 0.776. The highest BCUT2D eigenvalue weighted by molar-refractivity contribution is 7.94. The number of nitrogens with one attached hydrogen (secondary N) is 1. The van der Waals surface area contributed by atoms with E-state index < -0.39 is 21.0 Å². The highest BCUT2D eigenvalue weighted by atomic mass is 32.2. The molecular formula is C6H9N3O3S. The van der Waals surface area contributed by atoms with Gasteiger partial charge in [-0.2, -0.15) is 12.8 Å². The van der Waals surface area contributed by atoms with Gasteiger partial charge in [-0.05, 0) is 6.92 Å². The van der Waals surface area contributed by atoms with Gasteiger partial charge in [-0.3, -0.25) is 4.79 Å². The summed E-state index contributed by atoms with van der Waals surface area (Å²) in [6.45, 7) is 2.13. The minimum atomic E-state index is -3.77. The number of amides is 1. The van der Waals surface area contributed by atoms with E-state index in [9.17, 15) is 13.2 Å². The molecule has 0 aromatic heterocycles. The fourth-order valence-corrected chi connectivity index (χ4v) is 1.54. The summed E-state index contributed by atoms with van der Waals surface area (Å²) in [5.41, 5.74) is 4.95. The van der Waals surface area contributed by atoms with Crippen LogP contribution in [0.25, 0.3) is 0 Å². The average molecular weight is 203 g/mol. The van der Waals surface area contributed by atoms with Crippen molar-refractivity contribution in [2.45, 2.75) is 6.92 Å². The summed E-state index contributed by atoms with van der Waals surface area (Å²) in [4.78, 5) is 11.1. The van der Waals surface area contributed by atoms with Crippen LogP contribution in [0, 0.1) is 0 Å². The topological polar surface area (TPSA) is 102 Å². The predicted octanol–water partition coefficient (Wildman–Crippen LogP) is -1.29. The van der Waals surface area contributed by atoms with Crippen molar-refractivity contribution in [1.29, 1.82) is 0 Å². The van der Waals surface area contributed by atoms with E-state index >= 15 is 0 Å². The zero-order valence-corrected chi connectivity index (χ0v) is 7.76. The summed E-state index contributed by atoms with van der Waals surface area (Å²) in [6, 6.07) is 0. The van der Waals surface area contributed by atoms with Crippen LogP contribution in [0.4, 0.5) is 0 Å². The number of hydrogen-bond acceptors (Lipinski definition) is 4. The third-order valence-corrected chi connectivity index (χ3v) is 2.52. The SMILES string of the molecule is CCNC(=O)C1=NS(=O)(=O)C(N)=C1. The molecular weight excluding hydrogens is 194 g/mol. The first-order valence-corrected chi connectivity index (χ1v) is 5.01. The molecule has 7 heteroatoms. The van der Waals surface area contributed by atoms with Crippen molar-refractivity contribution >= 4 is 21.6 Å². The van der Waals surface area contributed by atoms with Gasteiger partial charge < -0.3 is 11.1 Å². The Bertz CT molecular complexity index is 393. The Kier molecular flexibility index (Phi) is 2.37. The largest absolute Gasteiger partial charge is 0.388 e. The molecule has 0 unspecified atom stereocenters. The first-order chi connectivity index (χ1) is 5.97. The number of hydrogen-bond donors (Lipinski definition) is 2. The molecule has 0 bridgehead atoms. The maximum atomic E-state index is 11.1. The van der Waals surface area contributed by atoms with E-state index in [4.69, 9.17) is 5.73 Å². The van der Waals surface area contributed by atoms with Crippen molar-refractivity contribution in [1.82, 2.24) is 5.32 Å². The maximum absolute atomic E-state index is 11.1. The van der Waals surface area contributed by atoms with Gasteiger partial charge in [-0.15, -0.1) is 0 Å². The molecule has 0 atom stereocenters. The Morgan fingerprint density at radius 1 is 1.69 bits per heavy atom. The Morgan fingerprint density at radius 3 is 2.69 bits per heavy atom. The molecule has 0 aliphatic carbocycles. The van der Waals surface area contributed by atoms with Crippen LogP contribution in [0.1, 0.15) is 6.92 Å². The lowest BCUT2D eigenvalue weighted by molar-refractivity contribution is -0.114. The third-order valence-electron chi connectivity index (χ3n) is 1.37. The molecule has 1 heterocycles. The standard InChI is InChI=1S/C6H9N3O3S/c1-2-8-6(10)4-3-5(7)13(11,12)9-4/h3H,2,7H2,1H3,(H,8,10). The van der Waals surface area contributed by atoms with Gasteiger partial charge in [0.15, 0.2) is 5.03 Å². The molecule has 0 aromatic rings. The minimum Gasteiger partial charge on any atom is -0.388 e. The van der Waals surface area contributed by atoms with E-state index in [-0.39, 0.29) is 5.71 Å². The van der Waals surface area contributed by atoms with Crippen molar-refractivity contribution in [2.75, 3.05) is 6.54 Å². The second-order valence-corrected chi connectivity index (χ2v) is 3.96. The van der Waals surface area contributed by atoms with Crippen LogP contribution in [0.2, 0.25) is 0 Å². The molecule has 0 saturated carbocycles. The molecule has 13 heavy (non-hydrogen) atoms. The lowest BCUT2D eigenvalue weighted by atomic mass is 10.3. The van der Waals surface area contributed by atoms with Gasteiger partial charge in [0.25, 0.3) is 15.9 Å². The normalized spacial score (nSPS) is 19.2. The molecule has 1 amide bonds. The number of nitrogens with zero attached hydrogens (tertiary/aromatic N) is 1. The van der Waals surface area contributed by atoms with Gasteiger partial charge in [0.05, 0.1) is 0 Å². The van der Waals surface area contributed by atoms with Crippen LogP contribution in [-0.4, -0.2) is 26.6 Å². The smallest absolute Gasteiger partial charge is 0.298 e. The Labute approximate surface area is 75.6 Å². The molecule has 3 N–H and O–H groups in total. The van der Waals surface area contributed by atoms with E-state index in [1.807, 2.05) is 0 Å². The summed E-state index contributed by atoms with van der Waals surface area (Å²) in [7, 11) is -3.77. The lowest BCUT2D eigenvalue weighted by Gasteiger charge is -1.96. The van der Waals surface area contributed by atoms with Crippen LogP contribution in [0.5, 0.6) is 0 Å². The summed E-state index contributed by atoms with van der Waals surface area (Å²) in [5, 5.41) is 2.02. The first-order valence-electron chi connectivity index (χ1n) is 3.57. The second kappa shape index (κ2) is 3.17. The first kappa shape index (κ1) is 9.72. The van der Waals surface area contributed by atoms with Gasteiger partial charge in [-0.25, -0.2) is 0 Å². The summed E-state index contributed by atoms with van der Waals surface area (Å²) in [5.74, 6) is -0.536. The van der Waals surface area contributed by atoms with Crippen molar-refractivity contribution in [2.24, 2.45) is 10.1 Å². The molecule has 6 nitrogen and oxygen atoms in total.